The molecule has 0 fully saturated rings. The number of anilines is 1. The van der Waals surface area contributed by atoms with E-state index >= 15 is 0 Å². The normalized spacial score (nSPS) is 12.0. The summed E-state index contributed by atoms with van der Waals surface area (Å²) in [6, 6.07) is 20.6. The average Bonchev–Trinajstić information content (AvgIpc) is 2.84. The highest BCUT2D eigenvalue weighted by Crippen LogP contribution is 2.26. The predicted molar refractivity (Wildman–Crippen MR) is 133 cm³/mol. The van der Waals surface area contributed by atoms with E-state index in [0.29, 0.717) is 17.2 Å². The number of rotatable bonds is 10. The Hall–Kier alpha value is -3.52. The fourth-order valence-electron chi connectivity index (χ4n) is 3.57. The van der Waals surface area contributed by atoms with Crippen molar-refractivity contribution in [1.82, 2.24) is 5.32 Å². The molecule has 1 N–H and O–H groups in total. The number of carbonyl (C=O) groups excluding carboxylic acids is 1. The number of ether oxygens (including phenoxy) is 2. The Morgan fingerprint density at radius 3 is 2.26 bits per heavy atom. The summed E-state index contributed by atoms with van der Waals surface area (Å²) in [5.41, 5.74) is 2.38. The first-order valence-electron chi connectivity index (χ1n) is 11.0. The van der Waals surface area contributed by atoms with Gasteiger partial charge in [-0.3, -0.25) is 9.10 Å². The number of aryl methyl sites for hydroxylation is 1. The van der Waals surface area contributed by atoms with Crippen LogP contribution in [0.1, 0.15) is 31.0 Å². The van der Waals surface area contributed by atoms with E-state index in [4.69, 9.17) is 9.47 Å². The highest BCUT2D eigenvalue weighted by molar-refractivity contribution is 7.92. The summed E-state index contributed by atoms with van der Waals surface area (Å²) in [5, 5.41) is 2.89. The Bertz CT molecular complexity index is 1210. The van der Waals surface area contributed by atoms with E-state index < -0.39 is 10.0 Å². The third-order valence-electron chi connectivity index (χ3n) is 5.37. The van der Waals surface area contributed by atoms with Gasteiger partial charge in [-0.2, -0.15) is 0 Å². The summed E-state index contributed by atoms with van der Waals surface area (Å²) in [6.07, 6.45) is 0. The van der Waals surface area contributed by atoms with Gasteiger partial charge in [0.1, 0.15) is 11.5 Å². The maximum absolute atomic E-state index is 13.1. The molecule has 3 aromatic carbocycles. The fraction of sp³-hybridized carbons (Fsp3) is 0.269. The quantitative estimate of drug-likeness (QED) is 0.461. The van der Waals surface area contributed by atoms with Gasteiger partial charge in [0.15, 0.2) is 6.61 Å². The zero-order valence-electron chi connectivity index (χ0n) is 19.8. The maximum Gasteiger partial charge on any atom is 0.264 e. The van der Waals surface area contributed by atoms with Crippen molar-refractivity contribution in [3.8, 4) is 11.5 Å². The fourth-order valence-corrected chi connectivity index (χ4v) is 5.05. The number of carbonyl (C=O) groups is 1. The summed E-state index contributed by atoms with van der Waals surface area (Å²) < 4.78 is 38.4. The van der Waals surface area contributed by atoms with Crippen LogP contribution < -0.4 is 19.1 Å². The standard InChI is InChI=1S/C26H30N2O5S/c1-5-28(34(30,31)23-16-10-19(2)11-17-23)21-12-14-22(15-13-21)33-18-26(29)27-20(3)24-8-6-7-9-25(24)32-4/h6-17,20H,5,18H2,1-4H3,(H,27,29)/t20-/m0/s1. The van der Waals surface area contributed by atoms with Crippen molar-refractivity contribution in [1.29, 1.82) is 0 Å². The van der Waals surface area contributed by atoms with E-state index in [2.05, 4.69) is 5.32 Å². The minimum absolute atomic E-state index is 0.169. The van der Waals surface area contributed by atoms with Gasteiger partial charge in [-0.1, -0.05) is 35.9 Å². The van der Waals surface area contributed by atoms with Gasteiger partial charge in [0.25, 0.3) is 15.9 Å². The van der Waals surface area contributed by atoms with Crippen LogP contribution in [0.5, 0.6) is 11.5 Å². The van der Waals surface area contributed by atoms with E-state index in [-0.39, 0.29) is 30.0 Å². The Kier molecular flexibility index (Phi) is 8.17. The van der Waals surface area contributed by atoms with Gasteiger partial charge in [-0.05, 0) is 63.2 Å². The third-order valence-corrected chi connectivity index (χ3v) is 7.29. The molecular weight excluding hydrogens is 452 g/mol. The molecule has 0 aromatic heterocycles. The molecule has 1 atom stereocenters. The first kappa shape index (κ1) is 25.1. The summed E-state index contributed by atoms with van der Waals surface area (Å²) in [6.45, 7) is 5.67. The molecule has 0 spiro atoms. The van der Waals surface area contributed by atoms with Gasteiger partial charge in [0.05, 0.1) is 23.7 Å². The first-order valence-corrected chi connectivity index (χ1v) is 12.4. The van der Waals surface area contributed by atoms with Crippen LogP contribution in [-0.4, -0.2) is 34.6 Å². The highest BCUT2D eigenvalue weighted by Gasteiger charge is 2.23. The molecule has 34 heavy (non-hydrogen) atoms. The Morgan fingerprint density at radius 2 is 1.65 bits per heavy atom. The Morgan fingerprint density at radius 1 is 1.00 bits per heavy atom. The lowest BCUT2D eigenvalue weighted by Gasteiger charge is -2.23. The van der Waals surface area contributed by atoms with Crippen LogP contribution in [0.3, 0.4) is 0 Å². The van der Waals surface area contributed by atoms with Gasteiger partial charge in [0, 0.05) is 12.1 Å². The molecule has 0 bridgehead atoms. The lowest BCUT2D eigenvalue weighted by Crippen LogP contribution is -2.31. The SMILES string of the molecule is CCN(c1ccc(OCC(=O)N[C@@H](C)c2ccccc2OC)cc1)S(=O)(=O)c1ccc(C)cc1. The number of amides is 1. The van der Waals surface area contributed by atoms with Crippen LogP contribution in [0.15, 0.2) is 77.7 Å². The number of benzene rings is 3. The molecule has 1 amide bonds. The lowest BCUT2D eigenvalue weighted by molar-refractivity contribution is -0.123. The summed E-state index contributed by atoms with van der Waals surface area (Å²) in [7, 11) is -2.10. The van der Waals surface area contributed by atoms with Crippen LogP contribution in [0, 0.1) is 6.92 Å². The molecule has 3 rings (SSSR count). The monoisotopic (exact) mass is 482 g/mol. The summed E-state index contributed by atoms with van der Waals surface area (Å²) in [4.78, 5) is 12.6. The van der Waals surface area contributed by atoms with E-state index in [1.807, 2.05) is 38.1 Å². The second kappa shape index (κ2) is 11.1. The number of para-hydroxylation sites is 1. The smallest absolute Gasteiger partial charge is 0.264 e. The minimum atomic E-state index is -3.69. The van der Waals surface area contributed by atoms with Gasteiger partial charge in [-0.25, -0.2) is 8.42 Å². The molecule has 180 valence electrons. The number of nitrogens with zero attached hydrogens (tertiary/aromatic N) is 1. The molecule has 8 heteroatoms. The van der Waals surface area contributed by atoms with Crippen molar-refractivity contribution < 1.29 is 22.7 Å². The summed E-state index contributed by atoms with van der Waals surface area (Å²) in [5.74, 6) is 0.889. The Balaban J connectivity index is 1.62. The van der Waals surface area contributed by atoms with E-state index in [1.165, 1.54) is 4.31 Å². The van der Waals surface area contributed by atoms with E-state index in [1.54, 1.807) is 62.6 Å². The number of methoxy groups -OCH3 is 1. The topological polar surface area (TPSA) is 84.9 Å². The summed E-state index contributed by atoms with van der Waals surface area (Å²) >= 11 is 0. The molecule has 0 unspecified atom stereocenters. The number of sulfonamides is 1. The van der Waals surface area contributed by atoms with Crippen molar-refractivity contribution in [3.05, 3.63) is 83.9 Å². The molecule has 0 saturated heterocycles. The second-order valence-electron chi connectivity index (χ2n) is 7.80. The van der Waals surface area contributed by atoms with Crippen LogP contribution in [0.4, 0.5) is 5.69 Å². The highest BCUT2D eigenvalue weighted by atomic mass is 32.2. The lowest BCUT2D eigenvalue weighted by atomic mass is 10.1. The Labute approximate surface area is 201 Å². The largest absolute Gasteiger partial charge is 0.496 e. The molecule has 0 saturated carbocycles. The van der Waals surface area contributed by atoms with Crippen molar-refractivity contribution in [2.75, 3.05) is 24.6 Å². The van der Waals surface area contributed by atoms with Crippen LogP contribution >= 0.6 is 0 Å². The second-order valence-corrected chi connectivity index (χ2v) is 9.66. The maximum atomic E-state index is 13.1. The number of nitrogens with one attached hydrogen (secondary N) is 1. The molecule has 0 heterocycles. The van der Waals surface area contributed by atoms with Gasteiger partial charge in [-0.15, -0.1) is 0 Å². The zero-order valence-corrected chi connectivity index (χ0v) is 20.6. The van der Waals surface area contributed by atoms with Crippen molar-refractivity contribution in [3.63, 3.8) is 0 Å². The molecule has 3 aromatic rings. The van der Waals surface area contributed by atoms with Crippen molar-refractivity contribution in [2.45, 2.75) is 31.7 Å². The van der Waals surface area contributed by atoms with Crippen LogP contribution in [0.2, 0.25) is 0 Å². The number of hydrogen-bond donors (Lipinski definition) is 1. The van der Waals surface area contributed by atoms with Gasteiger partial charge >= 0.3 is 0 Å². The first-order chi connectivity index (χ1) is 16.3. The van der Waals surface area contributed by atoms with Crippen LogP contribution in [0.25, 0.3) is 0 Å². The van der Waals surface area contributed by atoms with E-state index in [9.17, 15) is 13.2 Å². The molecule has 0 aliphatic heterocycles. The van der Waals surface area contributed by atoms with Gasteiger partial charge in [0.2, 0.25) is 0 Å². The molecule has 0 radical (unpaired) electrons. The van der Waals surface area contributed by atoms with Crippen molar-refractivity contribution >= 4 is 21.6 Å². The van der Waals surface area contributed by atoms with Crippen LogP contribution in [-0.2, 0) is 14.8 Å². The third kappa shape index (κ3) is 5.88. The van der Waals surface area contributed by atoms with Gasteiger partial charge < -0.3 is 14.8 Å². The minimum Gasteiger partial charge on any atom is -0.496 e. The molecule has 7 nitrogen and oxygen atoms in total. The van der Waals surface area contributed by atoms with E-state index in [0.717, 1.165) is 11.1 Å². The average molecular weight is 483 g/mol. The molecule has 0 aliphatic rings. The molecular formula is C26H30N2O5S. The zero-order chi connectivity index (χ0) is 24.7. The predicted octanol–water partition coefficient (Wildman–Crippen LogP) is 4.48. The molecule has 0 aliphatic carbocycles. The number of hydrogen-bond acceptors (Lipinski definition) is 5. The van der Waals surface area contributed by atoms with Crippen molar-refractivity contribution in [2.24, 2.45) is 0 Å².